The fourth-order valence-corrected chi connectivity index (χ4v) is 1.77. The Kier molecular flexibility index (Phi) is 6.84. The summed E-state index contributed by atoms with van der Waals surface area (Å²) in [6.07, 6.45) is 0.408. The molecule has 0 aliphatic rings. The Bertz CT molecular complexity index is 347. The first-order valence-electron chi connectivity index (χ1n) is 6.85. The van der Waals surface area contributed by atoms with E-state index >= 15 is 0 Å². The second-order valence-electron chi connectivity index (χ2n) is 4.95. The molecule has 0 bridgehead atoms. The van der Waals surface area contributed by atoms with Crippen LogP contribution in [-0.2, 0) is 0 Å². The molecule has 1 rings (SSSR count). The second kappa shape index (κ2) is 8.15. The van der Waals surface area contributed by atoms with Gasteiger partial charge in [0.1, 0.15) is 5.75 Å². The number of aliphatic hydroxyl groups excluding tert-OH is 2. The number of nitrogens with one attached hydrogen (secondary N) is 1. The van der Waals surface area contributed by atoms with Crippen LogP contribution in [0.1, 0.15) is 38.9 Å². The molecule has 0 aromatic heterocycles. The summed E-state index contributed by atoms with van der Waals surface area (Å²) in [5.41, 5.74) is 0.844. The van der Waals surface area contributed by atoms with Crippen molar-refractivity contribution in [3.8, 4) is 5.75 Å². The van der Waals surface area contributed by atoms with Crippen LogP contribution in [0.3, 0.4) is 0 Å². The normalized spacial score (nSPS) is 14.4. The molecule has 4 nitrogen and oxygen atoms in total. The number of hydrogen-bond donors (Lipinski definition) is 3. The standard InChI is InChI=1S/C15H25NO3/c1-4-13(10-17)16-9-15(18)12-5-7-14(8-6-12)19-11(2)3/h5-8,11,13,15-18H,4,9-10H2,1-3H3. The van der Waals surface area contributed by atoms with Gasteiger partial charge in [0.25, 0.3) is 0 Å². The molecule has 0 heterocycles. The van der Waals surface area contributed by atoms with Gasteiger partial charge in [-0.2, -0.15) is 0 Å². The lowest BCUT2D eigenvalue weighted by atomic mass is 10.1. The Balaban J connectivity index is 2.50. The van der Waals surface area contributed by atoms with Crippen LogP contribution in [0.5, 0.6) is 5.75 Å². The van der Waals surface area contributed by atoms with Crippen molar-refractivity contribution in [3.05, 3.63) is 29.8 Å². The molecule has 108 valence electrons. The van der Waals surface area contributed by atoms with Crippen LogP contribution in [0.4, 0.5) is 0 Å². The van der Waals surface area contributed by atoms with Gasteiger partial charge in [-0.15, -0.1) is 0 Å². The fourth-order valence-electron chi connectivity index (χ4n) is 1.77. The molecule has 0 amide bonds. The van der Waals surface area contributed by atoms with Crippen LogP contribution >= 0.6 is 0 Å². The van der Waals surface area contributed by atoms with E-state index in [0.29, 0.717) is 6.54 Å². The molecule has 0 aliphatic carbocycles. The third kappa shape index (κ3) is 5.59. The minimum atomic E-state index is -0.575. The molecule has 19 heavy (non-hydrogen) atoms. The summed E-state index contributed by atoms with van der Waals surface area (Å²) in [5, 5.41) is 22.3. The van der Waals surface area contributed by atoms with Gasteiger partial charge >= 0.3 is 0 Å². The van der Waals surface area contributed by atoms with Crippen molar-refractivity contribution in [1.29, 1.82) is 0 Å². The lowest BCUT2D eigenvalue weighted by molar-refractivity contribution is 0.157. The van der Waals surface area contributed by atoms with Gasteiger partial charge in [0.15, 0.2) is 0 Å². The van der Waals surface area contributed by atoms with Gasteiger partial charge in [-0.3, -0.25) is 0 Å². The monoisotopic (exact) mass is 267 g/mol. The number of benzene rings is 1. The lowest BCUT2D eigenvalue weighted by Gasteiger charge is -2.18. The van der Waals surface area contributed by atoms with Crippen LogP contribution in [0.2, 0.25) is 0 Å². The van der Waals surface area contributed by atoms with Crippen LogP contribution in [0, 0.1) is 0 Å². The molecule has 2 atom stereocenters. The summed E-state index contributed by atoms with van der Waals surface area (Å²) in [7, 11) is 0. The van der Waals surface area contributed by atoms with Crippen LogP contribution in [0.25, 0.3) is 0 Å². The molecular formula is C15H25NO3. The Labute approximate surface area is 115 Å². The van der Waals surface area contributed by atoms with Gasteiger partial charge < -0.3 is 20.3 Å². The largest absolute Gasteiger partial charge is 0.491 e. The highest BCUT2D eigenvalue weighted by molar-refractivity contribution is 5.28. The molecule has 0 saturated carbocycles. The highest BCUT2D eigenvalue weighted by Gasteiger charge is 2.10. The van der Waals surface area contributed by atoms with Gasteiger partial charge in [0.2, 0.25) is 0 Å². The molecule has 4 heteroatoms. The van der Waals surface area contributed by atoms with Gasteiger partial charge in [0, 0.05) is 12.6 Å². The SMILES string of the molecule is CCC(CO)NCC(O)c1ccc(OC(C)C)cc1. The maximum absolute atomic E-state index is 10.0. The van der Waals surface area contributed by atoms with Crippen molar-refractivity contribution >= 4 is 0 Å². The molecule has 0 saturated heterocycles. The maximum atomic E-state index is 10.0. The van der Waals surface area contributed by atoms with Gasteiger partial charge in [-0.1, -0.05) is 19.1 Å². The summed E-state index contributed by atoms with van der Waals surface area (Å²) in [5.74, 6) is 0.806. The summed E-state index contributed by atoms with van der Waals surface area (Å²) < 4.78 is 5.55. The van der Waals surface area contributed by atoms with Crippen molar-refractivity contribution in [2.75, 3.05) is 13.2 Å². The number of aliphatic hydroxyl groups is 2. The predicted molar refractivity (Wildman–Crippen MR) is 76.3 cm³/mol. The summed E-state index contributed by atoms with van der Waals surface area (Å²) in [6, 6.07) is 7.50. The van der Waals surface area contributed by atoms with Crippen molar-refractivity contribution in [1.82, 2.24) is 5.32 Å². The van der Waals surface area contributed by atoms with E-state index in [1.54, 1.807) is 0 Å². The van der Waals surface area contributed by atoms with Crippen molar-refractivity contribution in [2.24, 2.45) is 0 Å². The predicted octanol–water partition coefficient (Wildman–Crippen LogP) is 1.87. The zero-order valence-corrected chi connectivity index (χ0v) is 12.0. The van der Waals surface area contributed by atoms with Crippen molar-refractivity contribution in [3.63, 3.8) is 0 Å². The molecule has 3 N–H and O–H groups in total. The van der Waals surface area contributed by atoms with Gasteiger partial charge in [-0.25, -0.2) is 0 Å². The number of rotatable bonds is 8. The first-order valence-corrected chi connectivity index (χ1v) is 6.85. The molecule has 1 aromatic carbocycles. The topological polar surface area (TPSA) is 61.7 Å². The third-order valence-electron chi connectivity index (χ3n) is 2.95. The third-order valence-corrected chi connectivity index (χ3v) is 2.95. The number of ether oxygens (including phenoxy) is 1. The fraction of sp³-hybridized carbons (Fsp3) is 0.600. The first kappa shape index (κ1) is 16.0. The molecule has 0 aliphatic heterocycles. The molecule has 0 spiro atoms. The zero-order chi connectivity index (χ0) is 14.3. The molecular weight excluding hydrogens is 242 g/mol. The maximum Gasteiger partial charge on any atom is 0.119 e. The van der Waals surface area contributed by atoms with E-state index < -0.39 is 6.10 Å². The average Bonchev–Trinajstić information content (AvgIpc) is 2.39. The highest BCUT2D eigenvalue weighted by atomic mass is 16.5. The Morgan fingerprint density at radius 2 is 1.84 bits per heavy atom. The van der Waals surface area contributed by atoms with Crippen LogP contribution < -0.4 is 10.1 Å². The number of hydrogen-bond acceptors (Lipinski definition) is 4. The minimum Gasteiger partial charge on any atom is -0.491 e. The Morgan fingerprint density at radius 1 is 1.21 bits per heavy atom. The van der Waals surface area contributed by atoms with Gasteiger partial charge in [-0.05, 0) is 38.0 Å². The van der Waals surface area contributed by atoms with E-state index in [4.69, 9.17) is 9.84 Å². The van der Waals surface area contributed by atoms with Crippen LogP contribution in [0.15, 0.2) is 24.3 Å². The molecule has 0 radical (unpaired) electrons. The highest BCUT2D eigenvalue weighted by Crippen LogP contribution is 2.18. The van der Waals surface area contributed by atoms with Gasteiger partial charge in [0.05, 0.1) is 18.8 Å². The molecule has 0 fully saturated rings. The Morgan fingerprint density at radius 3 is 2.32 bits per heavy atom. The smallest absolute Gasteiger partial charge is 0.119 e. The Hall–Kier alpha value is -1.10. The van der Waals surface area contributed by atoms with Crippen LogP contribution in [-0.4, -0.2) is 35.5 Å². The second-order valence-corrected chi connectivity index (χ2v) is 4.95. The van der Waals surface area contributed by atoms with Crippen molar-refractivity contribution in [2.45, 2.75) is 45.4 Å². The average molecular weight is 267 g/mol. The summed E-state index contributed by atoms with van der Waals surface area (Å²) in [4.78, 5) is 0. The molecule has 1 aromatic rings. The summed E-state index contributed by atoms with van der Waals surface area (Å²) in [6.45, 7) is 6.48. The van der Waals surface area contributed by atoms with E-state index in [2.05, 4.69) is 5.32 Å². The summed E-state index contributed by atoms with van der Waals surface area (Å²) >= 11 is 0. The van der Waals surface area contributed by atoms with E-state index in [-0.39, 0.29) is 18.8 Å². The minimum absolute atomic E-state index is 0.0400. The first-order chi connectivity index (χ1) is 9.06. The lowest BCUT2D eigenvalue weighted by Crippen LogP contribution is -2.34. The molecule has 2 unspecified atom stereocenters. The van der Waals surface area contributed by atoms with E-state index in [9.17, 15) is 5.11 Å². The van der Waals surface area contributed by atoms with E-state index in [1.165, 1.54) is 0 Å². The van der Waals surface area contributed by atoms with Crippen molar-refractivity contribution < 1.29 is 14.9 Å². The zero-order valence-electron chi connectivity index (χ0n) is 12.0. The van der Waals surface area contributed by atoms with E-state index in [1.807, 2.05) is 45.0 Å². The van der Waals surface area contributed by atoms with E-state index in [0.717, 1.165) is 17.7 Å². The quantitative estimate of drug-likeness (QED) is 0.673.